The molecule has 4 N–H and O–H groups in total. The van der Waals surface area contributed by atoms with Crippen molar-refractivity contribution in [2.45, 2.75) is 57.5 Å². The zero-order valence-electron chi connectivity index (χ0n) is 15.1. The molecule has 1 heterocycles. The number of carbonyl (C=O) groups excluding carboxylic acids is 1. The van der Waals surface area contributed by atoms with Crippen molar-refractivity contribution < 1.29 is 30.0 Å². The lowest BCUT2D eigenvalue weighted by atomic mass is 9.75. The molecule has 0 radical (unpaired) electrons. The molecule has 0 bridgehead atoms. The molecular formula is C19H28O6. The zero-order valence-corrected chi connectivity index (χ0v) is 15.1. The number of ketones is 1. The molecule has 25 heavy (non-hydrogen) atoms. The van der Waals surface area contributed by atoms with Gasteiger partial charge in [-0.05, 0) is 49.6 Å². The van der Waals surface area contributed by atoms with E-state index in [9.17, 15) is 25.2 Å². The van der Waals surface area contributed by atoms with E-state index in [4.69, 9.17) is 4.74 Å². The number of hydrogen-bond donors (Lipinski definition) is 4. The third kappa shape index (κ3) is 3.87. The molecule has 1 aliphatic carbocycles. The Bertz CT molecular complexity index is 613. The van der Waals surface area contributed by atoms with E-state index in [1.807, 2.05) is 13.8 Å². The Morgan fingerprint density at radius 3 is 2.72 bits per heavy atom. The molecular weight excluding hydrogens is 324 g/mol. The number of rotatable bonds is 5. The normalized spacial score (nSPS) is 34.5. The highest BCUT2D eigenvalue weighted by atomic mass is 16.5. The molecule has 6 unspecified atom stereocenters. The van der Waals surface area contributed by atoms with Gasteiger partial charge in [-0.3, -0.25) is 4.79 Å². The maximum atomic E-state index is 12.0. The minimum atomic E-state index is -1.82. The topological polar surface area (TPSA) is 107 Å². The fourth-order valence-corrected chi connectivity index (χ4v) is 3.10. The molecule has 0 aromatic rings. The van der Waals surface area contributed by atoms with Crippen LogP contribution in [-0.2, 0) is 9.53 Å². The molecule has 0 fully saturated rings. The average molecular weight is 352 g/mol. The van der Waals surface area contributed by atoms with Gasteiger partial charge in [0, 0.05) is 5.92 Å². The van der Waals surface area contributed by atoms with Crippen LogP contribution in [0.4, 0.5) is 0 Å². The van der Waals surface area contributed by atoms with Gasteiger partial charge in [0.1, 0.15) is 11.4 Å². The standard InChI is InChI=1S/C19H28O6/c1-5-11(2)16(21)18(3,23)7-6-13-8-12-9-15(20)19(4,24)17(22)14(12)10-25-13/h6-9,11,14,16-17,21-24H,5,10H2,1-4H3/b7-6+. The van der Waals surface area contributed by atoms with Crippen LogP contribution in [0.2, 0.25) is 0 Å². The van der Waals surface area contributed by atoms with E-state index in [-0.39, 0.29) is 12.5 Å². The van der Waals surface area contributed by atoms with Crippen molar-refractivity contribution in [3.05, 3.63) is 35.6 Å². The number of hydrogen-bond acceptors (Lipinski definition) is 6. The molecule has 140 valence electrons. The Kier molecular flexibility index (Phi) is 5.59. The maximum Gasteiger partial charge on any atom is 0.189 e. The Labute approximate surface area is 148 Å². The molecule has 2 rings (SSSR count). The van der Waals surface area contributed by atoms with Crippen LogP contribution in [0.1, 0.15) is 34.1 Å². The quantitative estimate of drug-likeness (QED) is 0.584. The minimum Gasteiger partial charge on any atom is -0.493 e. The number of aliphatic hydroxyl groups excluding tert-OH is 2. The molecule has 0 saturated heterocycles. The van der Waals surface area contributed by atoms with Gasteiger partial charge < -0.3 is 25.2 Å². The van der Waals surface area contributed by atoms with Crippen molar-refractivity contribution in [1.82, 2.24) is 0 Å². The summed E-state index contributed by atoms with van der Waals surface area (Å²) in [6.45, 7) is 6.73. The van der Waals surface area contributed by atoms with Crippen LogP contribution in [0, 0.1) is 11.8 Å². The minimum absolute atomic E-state index is 0.0682. The van der Waals surface area contributed by atoms with Crippen LogP contribution in [0.25, 0.3) is 0 Å². The summed E-state index contributed by atoms with van der Waals surface area (Å²) in [5, 5.41) is 40.9. The average Bonchev–Trinajstić information content (AvgIpc) is 2.57. The van der Waals surface area contributed by atoms with Crippen LogP contribution < -0.4 is 0 Å². The van der Waals surface area contributed by atoms with Gasteiger partial charge in [0.05, 0.1) is 18.8 Å². The number of ether oxygens (including phenoxy) is 1. The van der Waals surface area contributed by atoms with E-state index in [1.54, 1.807) is 12.2 Å². The lowest BCUT2D eigenvalue weighted by Gasteiger charge is -2.39. The van der Waals surface area contributed by atoms with Crippen LogP contribution in [0.3, 0.4) is 0 Å². The first-order valence-electron chi connectivity index (χ1n) is 8.61. The summed E-state index contributed by atoms with van der Waals surface area (Å²) in [7, 11) is 0. The van der Waals surface area contributed by atoms with E-state index in [0.29, 0.717) is 11.3 Å². The molecule has 0 aromatic heterocycles. The first-order chi connectivity index (χ1) is 11.5. The summed E-state index contributed by atoms with van der Waals surface area (Å²) >= 11 is 0. The second-order valence-electron chi connectivity index (χ2n) is 7.45. The Morgan fingerprint density at radius 1 is 1.48 bits per heavy atom. The van der Waals surface area contributed by atoms with Gasteiger partial charge in [0.2, 0.25) is 0 Å². The summed E-state index contributed by atoms with van der Waals surface area (Å²) in [4.78, 5) is 12.0. The van der Waals surface area contributed by atoms with Crippen LogP contribution in [0.5, 0.6) is 0 Å². The maximum absolute atomic E-state index is 12.0. The second kappa shape index (κ2) is 7.03. The third-order valence-electron chi connectivity index (χ3n) is 5.29. The first-order valence-corrected chi connectivity index (χ1v) is 8.61. The number of carbonyl (C=O) groups is 1. The zero-order chi connectivity index (χ0) is 19.0. The van der Waals surface area contributed by atoms with E-state index in [2.05, 4.69) is 0 Å². The van der Waals surface area contributed by atoms with Crippen LogP contribution in [0.15, 0.2) is 35.6 Å². The number of allylic oxidation sites excluding steroid dienone is 2. The van der Waals surface area contributed by atoms with Crippen LogP contribution >= 0.6 is 0 Å². The van der Waals surface area contributed by atoms with E-state index >= 15 is 0 Å². The van der Waals surface area contributed by atoms with Gasteiger partial charge in [-0.25, -0.2) is 0 Å². The van der Waals surface area contributed by atoms with Crippen molar-refractivity contribution in [2.24, 2.45) is 11.8 Å². The highest BCUT2D eigenvalue weighted by Gasteiger charge is 2.47. The molecule has 0 amide bonds. The number of fused-ring (bicyclic) bond motifs is 1. The van der Waals surface area contributed by atoms with Crippen molar-refractivity contribution in [3.63, 3.8) is 0 Å². The summed E-state index contributed by atoms with van der Waals surface area (Å²) in [6, 6.07) is 0. The number of aliphatic hydroxyl groups is 4. The predicted octanol–water partition coefficient (Wildman–Crippen LogP) is 0.852. The van der Waals surface area contributed by atoms with E-state index in [1.165, 1.54) is 26.0 Å². The highest BCUT2D eigenvalue weighted by molar-refractivity contribution is 5.99. The summed E-state index contributed by atoms with van der Waals surface area (Å²) in [5.41, 5.74) is -2.66. The van der Waals surface area contributed by atoms with Crippen molar-refractivity contribution in [3.8, 4) is 0 Å². The molecule has 0 spiro atoms. The Hall–Kier alpha value is -1.47. The molecule has 1 aliphatic heterocycles. The molecule has 0 aromatic carbocycles. The Balaban J connectivity index is 2.21. The molecule has 6 heteroatoms. The van der Waals surface area contributed by atoms with E-state index in [0.717, 1.165) is 6.42 Å². The second-order valence-corrected chi connectivity index (χ2v) is 7.45. The molecule has 6 atom stereocenters. The van der Waals surface area contributed by atoms with Crippen molar-refractivity contribution in [1.29, 1.82) is 0 Å². The first kappa shape index (κ1) is 19.8. The smallest absolute Gasteiger partial charge is 0.189 e. The van der Waals surface area contributed by atoms with E-state index < -0.39 is 35.1 Å². The third-order valence-corrected chi connectivity index (χ3v) is 5.29. The largest absolute Gasteiger partial charge is 0.493 e. The lowest BCUT2D eigenvalue weighted by Crippen LogP contribution is -2.54. The van der Waals surface area contributed by atoms with Crippen molar-refractivity contribution in [2.75, 3.05) is 6.61 Å². The van der Waals surface area contributed by atoms with Gasteiger partial charge in [-0.2, -0.15) is 0 Å². The van der Waals surface area contributed by atoms with Crippen molar-refractivity contribution >= 4 is 5.78 Å². The lowest BCUT2D eigenvalue weighted by molar-refractivity contribution is -0.150. The molecule has 6 nitrogen and oxygen atoms in total. The Morgan fingerprint density at radius 2 is 2.12 bits per heavy atom. The SMILES string of the molecule is CCC(C)C(O)C(C)(O)/C=C/C1=CC2=CC(=O)C(C)(O)C(O)C2CO1. The predicted molar refractivity (Wildman–Crippen MR) is 92.5 cm³/mol. The summed E-state index contributed by atoms with van der Waals surface area (Å²) in [6.07, 6.45) is 4.51. The van der Waals surface area contributed by atoms with Gasteiger partial charge in [0.25, 0.3) is 0 Å². The monoisotopic (exact) mass is 352 g/mol. The van der Waals surface area contributed by atoms with Gasteiger partial charge >= 0.3 is 0 Å². The van der Waals surface area contributed by atoms with Gasteiger partial charge in [-0.1, -0.05) is 20.3 Å². The summed E-state index contributed by atoms with van der Waals surface area (Å²) in [5.74, 6) is -0.690. The fourth-order valence-electron chi connectivity index (χ4n) is 3.10. The summed E-state index contributed by atoms with van der Waals surface area (Å²) < 4.78 is 5.57. The molecule has 0 saturated carbocycles. The van der Waals surface area contributed by atoms with Gasteiger partial charge in [-0.15, -0.1) is 0 Å². The molecule has 2 aliphatic rings. The fraction of sp³-hybridized carbons (Fsp3) is 0.632. The highest BCUT2D eigenvalue weighted by Crippen LogP contribution is 2.35. The van der Waals surface area contributed by atoms with Gasteiger partial charge in [0.15, 0.2) is 11.4 Å². The van der Waals surface area contributed by atoms with Crippen LogP contribution in [-0.4, -0.2) is 56.2 Å².